The van der Waals surface area contributed by atoms with Crippen LogP contribution >= 0.6 is 0 Å². The van der Waals surface area contributed by atoms with Crippen LogP contribution in [0.5, 0.6) is 5.75 Å². The first-order valence-electron chi connectivity index (χ1n) is 13.3. The van der Waals surface area contributed by atoms with Crippen molar-refractivity contribution in [2.45, 2.75) is 65.5 Å². The third-order valence-corrected chi connectivity index (χ3v) is 6.48. The Labute approximate surface area is 221 Å². The summed E-state index contributed by atoms with van der Waals surface area (Å²) in [5.74, 6) is 0.699. The van der Waals surface area contributed by atoms with Gasteiger partial charge in [0.1, 0.15) is 11.8 Å². The van der Waals surface area contributed by atoms with Crippen molar-refractivity contribution >= 4 is 11.8 Å². The molecule has 3 aromatic rings. The molecular formula is C32H40N2O3. The second-order valence-electron chi connectivity index (χ2n) is 9.87. The summed E-state index contributed by atoms with van der Waals surface area (Å²) >= 11 is 0. The van der Waals surface area contributed by atoms with Crippen LogP contribution in [0.3, 0.4) is 0 Å². The number of aryl methyl sites for hydroxylation is 1. The van der Waals surface area contributed by atoms with Gasteiger partial charge in [-0.05, 0) is 48.1 Å². The van der Waals surface area contributed by atoms with Gasteiger partial charge in [0, 0.05) is 19.5 Å². The molecule has 0 heterocycles. The Balaban J connectivity index is 1.85. The van der Waals surface area contributed by atoms with E-state index in [1.807, 2.05) is 85.8 Å². The number of benzene rings is 3. The molecule has 0 spiro atoms. The van der Waals surface area contributed by atoms with Gasteiger partial charge in [-0.3, -0.25) is 9.59 Å². The van der Waals surface area contributed by atoms with Gasteiger partial charge < -0.3 is 15.0 Å². The van der Waals surface area contributed by atoms with Crippen LogP contribution in [0.25, 0.3) is 0 Å². The van der Waals surface area contributed by atoms with Crippen LogP contribution in [0, 0.1) is 6.92 Å². The van der Waals surface area contributed by atoms with E-state index in [0.29, 0.717) is 31.2 Å². The molecule has 3 rings (SSSR count). The minimum absolute atomic E-state index is 0.138. The van der Waals surface area contributed by atoms with Crippen LogP contribution in [0.1, 0.15) is 61.8 Å². The molecule has 0 fully saturated rings. The molecule has 0 aliphatic carbocycles. The lowest BCUT2D eigenvalue weighted by atomic mass is 10.0. The smallest absolute Gasteiger partial charge is 0.261 e. The average molecular weight is 501 g/mol. The molecule has 0 radical (unpaired) electrons. The number of carbonyl (C=O) groups excluding carboxylic acids is 2. The Morgan fingerprint density at radius 1 is 0.892 bits per heavy atom. The van der Waals surface area contributed by atoms with Gasteiger partial charge in [0.05, 0.1) is 0 Å². The fourth-order valence-corrected chi connectivity index (χ4v) is 4.13. The van der Waals surface area contributed by atoms with Crippen molar-refractivity contribution < 1.29 is 14.3 Å². The number of hydrogen-bond donors (Lipinski definition) is 1. The van der Waals surface area contributed by atoms with Crippen molar-refractivity contribution in [2.24, 2.45) is 0 Å². The van der Waals surface area contributed by atoms with E-state index in [-0.39, 0.29) is 18.4 Å². The largest absolute Gasteiger partial charge is 0.484 e. The van der Waals surface area contributed by atoms with Crippen LogP contribution < -0.4 is 10.1 Å². The average Bonchev–Trinajstić information content (AvgIpc) is 2.91. The molecule has 0 aliphatic rings. The van der Waals surface area contributed by atoms with Crippen LogP contribution in [-0.2, 0) is 22.6 Å². The van der Waals surface area contributed by atoms with E-state index in [4.69, 9.17) is 4.74 Å². The highest BCUT2D eigenvalue weighted by Crippen LogP contribution is 2.20. The molecule has 1 N–H and O–H groups in total. The number of rotatable bonds is 13. The Morgan fingerprint density at radius 3 is 2.19 bits per heavy atom. The second-order valence-corrected chi connectivity index (χ2v) is 9.87. The lowest BCUT2D eigenvalue weighted by Gasteiger charge is -2.31. The number of nitrogens with zero attached hydrogens (tertiary/aromatic N) is 1. The zero-order valence-corrected chi connectivity index (χ0v) is 22.6. The van der Waals surface area contributed by atoms with Crippen molar-refractivity contribution in [2.75, 3.05) is 13.2 Å². The fourth-order valence-electron chi connectivity index (χ4n) is 4.13. The van der Waals surface area contributed by atoms with Crippen molar-refractivity contribution in [3.8, 4) is 5.75 Å². The standard InChI is InChI=1S/C32H40N2O3/c1-5-6-20-33-32(36)30(21-26-10-8-7-9-11-26)34(22-27-14-12-25(4)13-15-27)31(35)23-37-29-18-16-28(17-19-29)24(2)3/h7-19,24,30H,5-6,20-23H2,1-4H3,(H,33,36). The molecule has 0 saturated carbocycles. The van der Waals surface area contributed by atoms with Crippen molar-refractivity contribution in [1.82, 2.24) is 10.2 Å². The minimum Gasteiger partial charge on any atom is -0.484 e. The van der Waals surface area contributed by atoms with Crippen molar-refractivity contribution in [1.29, 1.82) is 0 Å². The van der Waals surface area contributed by atoms with Gasteiger partial charge in [-0.25, -0.2) is 0 Å². The van der Waals surface area contributed by atoms with E-state index in [9.17, 15) is 9.59 Å². The third-order valence-electron chi connectivity index (χ3n) is 6.48. The van der Waals surface area contributed by atoms with E-state index in [0.717, 1.165) is 29.5 Å². The van der Waals surface area contributed by atoms with Gasteiger partial charge in [-0.1, -0.05) is 99.5 Å². The number of ether oxygens (including phenoxy) is 1. The molecule has 0 aromatic heterocycles. The normalized spacial score (nSPS) is 11.7. The van der Waals surface area contributed by atoms with Gasteiger partial charge in [-0.2, -0.15) is 0 Å². The molecule has 5 nitrogen and oxygen atoms in total. The molecule has 1 unspecified atom stereocenters. The summed E-state index contributed by atoms with van der Waals surface area (Å²) in [5.41, 5.74) is 4.34. The molecule has 196 valence electrons. The van der Waals surface area contributed by atoms with E-state index in [2.05, 4.69) is 26.1 Å². The summed E-state index contributed by atoms with van der Waals surface area (Å²) in [6, 6.07) is 25.1. The summed E-state index contributed by atoms with van der Waals surface area (Å²) in [6.45, 7) is 9.18. The summed E-state index contributed by atoms with van der Waals surface area (Å²) in [6.07, 6.45) is 2.31. The Hall–Kier alpha value is -3.60. The number of nitrogens with one attached hydrogen (secondary N) is 1. The van der Waals surface area contributed by atoms with E-state index < -0.39 is 6.04 Å². The molecule has 0 aliphatic heterocycles. The predicted molar refractivity (Wildman–Crippen MR) is 150 cm³/mol. The first kappa shape index (κ1) is 28.0. The van der Waals surface area contributed by atoms with Crippen LogP contribution in [-0.4, -0.2) is 35.9 Å². The van der Waals surface area contributed by atoms with E-state index in [1.165, 1.54) is 5.56 Å². The Bertz CT molecular complexity index is 1110. The number of amides is 2. The monoisotopic (exact) mass is 500 g/mol. The van der Waals surface area contributed by atoms with Gasteiger partial charge in [0.25, 0.3) is 5.91 Å². The summed E-state index contributed by atoms with van der Waals surface area (Å²) in [5, 5.41) is 3.05. The maximum Gasteiger partial charge on any atom is 0.261 e. The van der Waals surface area contributed by atoms with Crippen LogP contribution in [0.4, 0.5) is 0 Å². The van der Waals surface area contributed by atoms with Crippen LogP contribution in [0.2, 0.25) is 0 Å². The summed E-state index contributed by atoms with van der Waals surface area (Å²) in [4.78, 5) is 28.8. The quantitative estimate of drug-likeness (QED) is 0.291. The highest BCUT2D eigenvalue weighted by Gasteiger charge is 2.30. The maximum absolute atomic E-state index is 13.7. The van der Waals surface area contributed by atoms with Crippen molar-refractivity contribution in [3.05, 3.63) is 101 Å². The highest BCUT2D eigenvalue weighted by molar-refractivity contribution is 5.88. The highest BCUT2D eigenvalue weighted by atomic mass is 16.5. The minimum atomic E-state index is -0.653. The molecule has 0 saturated heterocycles. The van der Waals surface area contributed by atoms with Gasteiger partial charge in [-0.15, -0.1) is 0 Å². The summed E-state index contributed by atoms with van der Waals surface area (Å²) < 4.78 is 5.90. The van der Waals surface area contributed by atoms with Gasteiger partial charge in [0.2, 0.25) is 5.91 Å². The SMILES string of the molecule is CCCCNC(=O)C(Cc1ccccc1)N(Cc1ccc(C)cc1)C(=O)COc1ccc(C(C)C)cc1. The number of unbranched alkanes of at least 4 members (excludes halogenated alkanes) is 1. The van der Waals surface area contributed by atoms with E-state index in [1.54, 1.807) is 4.90 Å². The molecule has 3 aromatic carbocycles. The second kappa shape index (κ2) is 14.2. The van der Waals surface area contributed by atoms with Gasteiger partial charge >= 0.3 is 0 Å². The molecule has 0 bridgehead atoms. The number of hydrogen-bond acceptors (Lipinski definition) is 3. The fraction of sp³-hybridized carbons (Fsp3) is 0.375. The Morgan fingerprint density at radius 2 is 1.57 bits per heavy atom. The van der Waals surface area contributed by atoms with E-state index >= 15 is 0 Å². The predicted octanol–water partition coefficient (Wildman–Crippen LogP) is 6.05. The Kier molecular flexibility index (Phi) is 10.8. The third kappa shape index (κ3) is 8.78. The molecule has 37 heavy (non-hydrogen) atoms. The van der Waals surface area contributed by atoms with Gasteiger partial charge in [0.15, 0.2) is 6.61 Å². The molecule has 1 atom stereocenters. The first-order chi connectivity index (χ1) is 17.9. The lowest BCUT2D eigenvalue weighted by molar-refractivity contribution is -0.142. The topological polar surface area (TPSA) is 58.6 Å². The van der Waals surface area contributed by atoms with Crippen LogP contribution in [0.15, 0.2) is 78.9 Å². The summed E-state index contributed by atoms with van der Waals surface area (Å²) in [7, 11) is 0. The first-order valence-corrected chi connectivity index (χ1v) is 13.3. The lowest BCUT2D eigenvalue weighted by Crippen LogP contribution is -2.51. The number of carbonyl (C=O) groups is 2. The zero-order valence-electron chi connectivity index (χ0n) is 22.6. The molecule has 5 heteroatoms. The maximum atomic E-state index is 13.7. The van der Waals surface area contributed by atoms with Crippen molar-refractivity contribution in [3.63, 3.8) is 0 Å². The molecule has 2 amide bonds. The zero-order chi connectivity index (χ0) is 26.6. The molecular weight excluding hydrogens is 460 g/mol.